The minimum Gasteiger partial charge on any atom is -0.389 e. The second kappa shape index (κ2) is 6.86. The van der Waals surface area contributed by atoms with E-state index in [1.807, 2.05) is 5.73 Å². The summed E-state index contributed by atoms with van der Waals surface area (Å²) in [7, 11) is 0. The number of allylic oxidation sites excluding steroid dienone is 2. The Kier molecular flexibility index (Phi) is 5.42. The lowest BCUT2D eigenvalue weighted by Crippen LogP contribution is -2.40. The third-order valence-corrected chi connectivity index (χ3v) is 4.04. The second-order valence-corrected chi connectivity index (χ2v) is 6.15. The minimum atomic E-state index is -4.98. The molecule has 3 unspecified atom stereocenters. The van der Waals surface area contributed by atoms with Crippen molar-refractivity contribution in [3.8, 4) is 0 Å². The van der Waals surface area contributed by atoms with E-state index in [1.54, 1.807) is 0 Å². The van der Waals surface area contributed by atoms with Gasteiger partial charge >= 0.3 is 12.4 Å². The molecule has 2 aliphatic rings. The molecule has 1 aliphatic heterocycles. The molecular formula is C15H14ClF6NO. The molecule has 3 atom stereocenters. The van der Waals surface area contributed by atoms with E-state index >= 15 is 0 Å². The summed E-state index contributed by atoms with van der Waals surface area (Å²) in [6.07, 6.45) is -6.95. The highest BCUT2D eigenvalue weighted by Gasteiger charge is 2.43. The van der Waals surface area contributed by atoms with E-state index in [9.17, 15) is 31.4 Å². The standard InChI is InChI=1S/C15H14ClF6NO/c16-10-7-11(3-4-12(24)8-10)23-5-1-2-9(14(17,18)19)6-13(23)15(20,21)22/h1,3-4,6,10-12,24H,5,7-8H2. The van der Waals surface area contributed by atoms with Crippen molar-refractivity contribution in [1.29, 1.82) is 0 Å². The third kappa shape index (κ3) is 4.59. The van der Waals surface area contributed by atoms with E-state index in [-0.39, 0.29) is 18.9 Å². The van der Waals surface area contributed by atoms with Gasteiger partial charge < -0.3 is 10.0 Å². The van der Waals surface area contributed by atoms with Crippen molar-refractivity contribution in [3.63, 3.8) is 0 Å². The van der Waals surface area contributed by atoms with Crippen LogP contribution in [0.2, 0.25) is 0 Å². The second-order valence-electron chi connectivity index (χ2n) is 5.53. The van der Waals surface area contributed by atoms with Crippen molar-refractivity contribution in [1.82, 2.24) is 4.90 Å². The van der Waals surface area contributed by atoms with E-state index < -0.39 is 47.7 Å². The highest BCUT2D eigenvalue weighted by Crippen LogP contribution is 2.37. The Morgan fingerprint density at radius 1 is 1.08 bits per heavy atom. The highest BCUT2D eigenvalue weighted by atomic mass is 35.5. The first-order chi connectivity index (χ1) is 11.0. The van der Waals surface area contributed by atoms with Crippen LogP contribution in [0, 0.1) is 0 Å². The Hall–Kier alpha value is -1.37. The summed E-state index contributed by atoms with van der Waals surface area (Å²) in [6.45, 7) is -0.403. The van der Waals surface area contributed by atoms with Crippen molar-refractivity contribution in [3.05, 3.63) is 41.3 Å². The van der Waals surface area contributed by atoms with Gasteiger partial charge in [0.25, 0.3) is 0 Å². The molecule has 0 fully saturated rings. The summed E-state index contributed by atoms with van der Waals surface area (Å²) in [5.74, 6) is 0. The zero-order valence-electron chi connectivity index (χ0n) is 12.2. The average Bonchev–Trinajstić information content (AvgIpc) is 2.73. The predicted octanol–water partition coefficient (Wildman–Crippen LogP) is 4.08. The SMILES string of the molecule is OC1C=CC(N2CC=C=C(C(F)(F)F)C=C2C(F)(F)F)CC(Cl)C1. The molecule has 1 heterocycles. The summed E-state index contributed by atoms with van der Waals surface area (Å²) in [5, 5.41) is 9.01. The van der Waals surface area contributed by atoms with Crippen molar-refractivity contribution in [2.45, 2.75) is 42.7 Å². The summed E-state index contributed by atoms with van der Waals surface area (Å²) < 4.78 is 78.4. The fourth-order valence-electron chi connectivity index (χ4n) is 2.60. The number of hydrogen-bond acceptors (Lipinski definition) is 2. The van der Waals surface area contributed by atoms with Crippen LogP contribution in [-0.2, 0) is 0 Å². The number of nitrogens with zero attached hydrogens (tertiary/aromatic N) is 1. The maximum atomic E-state index is 13.3. The Morgan fingerprint density at radius 2 is 1.75 bits per heavy atom. The molecule has 0 spiro atoms. The third-order valence-electron chi connectivity index (χ3n) is 3.68. The molecule has 0 amide bonds. The Bertz CT molecular complexity index is 600. The average molecular weight is 374 g/mol. The van der Waals surface area contributed by atoms with Gasteiger partial charge in [-0.05, 0) is 25.0 Å². The summed E-state index contributed by atoms with van der Waals surface area (Å²) in [4.78, 5) is 0.801. The lowest BCUT2D eigenvalue weighted by Gasteiger charge is -2.33. The topological polar surface area (TPSA) is 23.5 Å². The number of hydrogen-bond donors (Lipinski definition) is 1. The molecule has 0 aromatic heterocycles. The van der Waals surface area contributed by atoms with Crippen molar-refractivity contribution < 1.29 is 31.4 Å². The Balaban J connectivity index is 2.43. The van der Waals surface area contributed by atoms with Gasteiger partial charge in [-0.15, -0.1) is 17.3 Å². The van der Waals surface area contributed by atoms with Crippen LogP contribution >= 0.6 is 11.6 Å². The number of alkyl halides is 7. The van der Waals surface area contributed by atoms with Crippen LogP contribution in [0.4, 0.5) is 26.3 Å². The van der Waals surface area contributed by atoms with E-state index in [2.05, 4.69) is 0 Å². The number of aliphatic hydroxyl groups is 1. The van der Waals surface area contributed by atoms with Crippen LogP contribution in [0.1, 0.15) is 12.8 Å². The lowest BCUT2D eigenvalue weighted by molar-refractivity contribution is -0.114. The lowest BCUT2D eigenvalue weighted by atomic mass is 10.1. The van der Waals surface area contributed by atoms with Crippen LogP contribution in [0.5, 0.6) is 0 Å². The van der Waals surface area contributed by atoms with Crippen LogP contribution in [0.15, 0.2) is 41.3 Å². The molecule has 0 aromatic rings. The minimum absolute atomic E-state index is 0.0574. The van der Waals surface area contributed by atoms with E-state index in [0.717, 1.165) is 11.0 Å². The van der Waals surface area contributed by atoms with E-state index in [1.165, 1.54) is 12.2 Å². The fraction of sp³-hybridized carbons (Fsp3) is 0.533. The van der Waals surface area contributed by atoms with Gasteiger partial charge in [0.05, 0.1) is 11.7 Å². The number of halogens is 7. The van der Waals surface area contributed by atoms with E-state index in [0.29, 0.717) is 0 Å². The van der Waals surface area contributed by atoms with Gasteiger partial charge in [-0.1, -0.05) is 12.2 Å². The van der Waals surface area contributed by atoms with Gasteiger partial charge in [-0.25, -0.2) is 0 Å². The molecule has 134 valence electrons. The molecule has 0 saturated carbocycles. The first-order valence-electron chi connectivity index (χ1n) is 7.07. The molecule has 24 heavy (non-hydrogen) atoms. The van der Waals surface area contributed by atoms with Crippen LogP contribution in [-0.4, -0.2) is 46.4 Å². The molecule has 0 saturated heterocycles. The van der Waals surface area contributed by atoms with Gasteiger partial charge in [-0.2, -0.15) is 26.3 Å². The quantitative estimate of drug-likeness (QED) is 0.324. The fourth-order valence-corrected chi connectivity index (χ4v) is 2.97. The van der Waals surface area contributed by atoms with Crippen LogP contribution in [0.3, 0.4) is 0 Å². The summed E-state index contributed by atoms with van der Waals surface area (Å²) >= 11 is 6.00. The Labute approximate surface area is 139 Å². The van der Waals surface area contributed by atoms with Gasteiger partial charge in [0.15, 0.2) is 0 Å². The first-order valence-corrected chi connectivity index (χ1v) is 7.50. The van der Waals surface area contributed by atoms with Crippen LogP contribution in [0.25, 0.3) is 0 Å². The largest absolute Gasteiger partial charge is 0.431 e. The molecule has 0 bridgehead atoms. The molecule has 2 nitrogen and oxygen atoms in total. The van der Waals surface area contributed by atoms with Gasteiger partial charge in [-0.3, -0.25) is 0 Å². The van der Waals surface area contributed by atoms with Crippen molar-refractivity contribution in [2.75, 3.05) is 6.54 Å². The first kappa shape index (κ1) is 19.0. The molecule has 2 rings (SSSR count). The van der Waals surface area contributed by atoms with Gasteiger partial charge in [0, 0.05) is 18.0 Å². The molecule has 1 N–H and O–H groups in total. The highest BCUT2D eigenvalue weighted by molar-refractivity contribution is 6.20. The molecule has 0 radical (unpaired) electrons. The molecule has 0 aromatic carbocycles. The van der Waals surface area contributed by atoms with E-state index in [4.69, 9.17) is 11.6 Å². The van der Waals surface area contributed by atoms with Gasteiger partial charge in [0.2, 0.25) is 0 Å². The summed E-state index contributed by atoms with van der Waals surface area (Å²) in [5.41, 5.74) is -1.03. The molecule has 1 aliphatic carbocycles. The summed E-state index contributed by atoms with van der Waals surface area (Å²) in [6, 6.07) is -0.886. The maximum Gasteiger partial charge on any atom is 0.431 e. The molecular weight excluding hydrogens is 360 g/mol. The number of rotatable bonds is 1. The van der Waals surface area contributed by atoms with Crippen molar-refractivity contribution >= 4 is 11.6 Å². The normalized spacial score (nSPS) is 29.0. The van der Waals surface area contributed by atoms with Gasteiger partial charge in [0.1, 0.15) is 5.70 Å². The smallest absolute Gasteiger partial charge is 0.389 e. The monoisotopic (exact) mass is 373 g/mol. The van der Waals surface area contributed by atoms with Crippen molar-refractivity contribution in [2.24, 2.45) is 0 Å². The predicted molar refractivity (Wildman–Crippen MR) is 76.3 cm³/mol. The zero-order valence-corrected chi connectivity index (χ0v) is 13.0. The Morgan fingerprint density at radius 3 is 2.33 bits per heavy atom. The maximum absolute atomic E-state index is 13.3. The number of aliphatic hydroxyl groups excluding tert-OH is 1. The van der Waals surface area contributed by atoms with Crippen LogP contribution < -0.4 is 0 Å². The molecule has 9 heteroatoms. The zero-order chi connectivity index (χ0) is 18.1.